The highest BCUT2D eigenvalue weighted by molar-refractivity contribution is 7.90. The molecule has 13 nitrogen and oxygen atoms in total. The molecule has 0 saturated carbocycles. The first-order chi connectivity index (χ1) is 22.7. The molecule has 0 radical (unpaired) electrons. The number of methoxy groups -OCH3 is 2. The second-order valence-corrected chi connectivity index (χ2v) is 13.7. The number of hydrogen-bond donors (Lipinski definition) is 5. The number of Topliss-reactive ketones (excluding diaryl/α,β-unsaturated/α-hetero) is 1. The van der Waals surface area contributed by atoms with Gasteiger partial charge >= 0.3 is 5.97 Å². The van der Waals surface area contributed by atoms with Crippen molar-refractivity contribution in [1.29, 1.82) is 5.41 Å². The summed E-state index contributed by atoms with van der Waals surface area (Å²) in [7, 11) is -1.20. The van der Waals surface area contributed by atoms with E-state index in [0.29, 0.717) is 50.2 Å². The van der Waals surface area contributed by atoms with Crippen molar-refractivity contribution in [3.63, 3.8) is 0 Å². The van der Waals surface area contributed by atoms with Gasteiger partial charge in [-0.1, -0.05) is 12.1 Å². The zero-order valence-electron chi connectivity index (χ0n) is 27.2. The van der Waals surface area contributed by atoms with Crippen molar-refractivity contribution in [3.8, 4) is 5.75 Å². The van der Waals surface area contributed by atoms with Crippen LogP contribution in [0.25, 0.3) is 10.2 Å². The second-order valence-electron chi connectivity index (χ2n) is 11.1. The van der Waals surface area contributed by atoms with E-state index in [-0.39, 0.29) is 41.1 Å². The fourth-order valence-electron chi connectivity index (χ4n) is 5.03. The number of fused-ring (bicyclic) bond motifs is 1. The summed E-state index contributed by atoms with van der Waals surface area (Å²) < 4.78 is 39.0. The standard InChI is InChI=1S/C33H38N6O7S2/c1-18-15-26(45-4)19(2)20(3)29(18)48(43,44)39-33(35)36-14-6-7-24(34)28(40)31-38-25-13-12-23(16-27(25)47-31)30(41)37-17-21-8-10-22(11-9-21)32(42)46-5/h8-13,15-16,24H,6-7,14,17,34H2,1-5H3,(H,37,41)(H3,35,36,39)/t24-/m0/s1. The van der Waals surface area contributed by atoms with Crippen molar-refractivity contribution in [2.24, 2.45) is 5.73 Å². The van der Waals surface area contributed by atoms with Gasteiger partial charge in [-0.3, -0.25) is 15.0 Å². The number of ether oxygens (including phenoxy) is 2. The summed E-state index contributed by atoms with van der Waals surface area (Å²) in [5, 5.41) is 13.9. The number of aromatic nitrogens is 1. The van der Waals surface area contributed by atoms with Crippen molar-refractivity contribution in [1.82, 2.24) is 20.3 Å². The van der Waals surface area contributed by atoms with Crippen LogP contribution in [0.2, 0.25) is 0 Å². The summed E-state index contributed by atoms with van der Waals surface area (Å²) in [4.78, 5) is 41.9. The molecule has 1 amide bonds. The number of nitrogens with one attached hydrogen (secondary N) is 4. The Morgan fingerprint density at radius 2 is 1.67 bits per heavy atom. The van der Waals surface area contributed by atoms with Gasteiger partial charge in [-0.15, -0.1) is 11.3 Å². The molecule has 0 aliphatic rings. The van der Waals surface area contributed by atoms with Crippen LogP contribution < -0.4 is 25.8 Å². The quantitative estimate of drug-likeness (QED) is 0.0451. The smallest absolute Gasteiger partial charge is 0.337 e. The predicted octanol–water partition coefficient (Wildman–Crippen LogP) is 3.74. The van der Waals surface area contributed by atoms with Crippen molar-refractivity contribution in [2.75, 3.05) is 20.8 Å². The van der Waals surface area contributed by atoms with Crippen LogP contribution in [0.3, 0.4) is 0 Å². The SMILES string of the molecule is COC(=O)c1ccc(CNC(=O)c2ccc3nc(C(=O)[C@@H](N)CCCNC(=N)NS(=O)(=O)c4c(C)cc(OC)c(C)c4C)sc3c2)cc1. The number of carbonyl (C=O) groups is 3. The highest BCUT2D eigenvalue weighted by Crippen LogP contribution is 2.30. The van der Waals surface area contributed by atoms with Gasteiger partial charge in [-0.2, -0.15) is 0 Å². The number of aryl methyl sites for hydroxylation is 1. The number of benzene rings is 3. The fourth-order valence-corrected chi connectivity index (χ4v) is 7.52. The summed E-state index contributed by atoms with van der Waals surface area (Å²) in [6.45, 7) is 5.58. The van der Waals surface area contributed by atoms with Crippen LogP contribution in [-0.4, -0.2) is 63.8 Å². The number of nitrogens with two attached hydrogens (primary N) is 1. The summed E-state index contributed by atoms with van der Waals surface area (Å²) >= 11 is 1.14. The molecular weight excluding hydrogens is 657 g/mol. The van der Waals surface area contributed by atoms with E-state index < -0.39 is 28.0 Å². The largest absolute Gasteiger partial charge is 0.496 e. The Labute approximate surface area is 282 Å². The van der Waals surface area contributed by atoms with E-state index in [1.54, 1.807) is 69.3 Å². The van der Waals surface area contributed by atoms with E-state index in [9.17, 15) is 22.8 Å². The molecule has 0 saturated heterocycles. The number of esters is 1. The minimum absolute atomic E-state index is 0.0902. The maximum absolute atomic E-state index is 13.0. The van der Waals surface area contributed by atoms with E-state index in [0.717, 1.165) is 16.9 Å². The first kappa shape index (κ1) is 36.0. The topological polar surface area (TPSA) is 203 Å². The molecular formula is C33H38N6O7S2. The third-order valence-corrected chi connectivity index (χ3v) is 10.4. The summed E-state index contributed by atoms with van der Waals surface area (Å²) in [6, 6.07) is 12.4. The number of thiazole rings is 1. The number of sulfonamides is 1. The van der Waals surface area contributed by atoms with Crippen LogP contribution in [0, 0.1) is 26.2 Å². The summed E-state index contributed by atoms with van der Waals surface area (Å²) in [5.41, 5.74) is 10.1. The van der Waals surface area contributed by atoms with E-state index in [1.165, 1.54) is 14.2 Å². The highest BCUT2D eigenvalue weighted by atomic mass is 32.2. The normalized spacial score (nSPS) is 11.9. The number of carbonyl (C=O) groups excluding carboxylic acids is 3. The van der Waals surface area contributed by atoms with Crippen molar-refractivity contribution in [2.45, 2.75) is 51.1 Å². The Kier molecular flexibility index (Phi) is 11.5. The van der Waals surface area contributed by atoms with Gasteiger partial charge in [0, 0.05) is 18.7 Å². The van der Waals surface area contributed by atoms with Crippen LogP contribution in [0.5, 0.6) is 5.75 Å². The zero-order valence-corrected chi connectivity index (χ0v) is 28.9. The lowest BCUT2D eigenvalue weighted by molar-refractivity contribution is 0.0600. The van der Waals surface area contributed by atoms with Crippen LogP contribution in [0.4, 0.5) is 0 Å². The number of hydrogen-bond acceptors (Lipinski definition) is 11. The molecule has 1 heterocycles. The van der Waals surface area contributed by atoms with Crippen LogP contribution in [0.15, 0.2) is 53.4 Å². The molecule has 4 aromatic rings. The summed E-state index contributed by atoms with van der Waals surface area (Å²) in [6.07, 6.45) is 0.656. The molecule has 254 valence electrons. The first-order valence-electron chi connectivity index (χ1n) is 14.9. The number of amides is 1. The predicted molar refractivity (Wildman–Crippen MR) is 183 cm³/mol. The Balaban J connectivity index is 1.27. The van der Waals surface area contributed by atoms with Crippen molar-refractivity contribution >= 4 is 55.2 Å². The lowest BCUT2D eigenvalue weighted by Crippen LogP contribution is -2.41. The number of ketones is 1. The monoisotopic (exact) mass is 694 g/mol. The molecule has 1 atom stereocenters. The van der Waals surface area contributed by atoms with Gasteiger partial charge in [-0.25, -0.2) is 22.9 Å². The number of nitrogens with zero attached hydrogens (tertiary/aromatic N) is 1. The van der Waals surface area contributed by atoms with Crippen LogP contribution in [-0.2, 0) is 21.3 Å². The van der Waals surface area contributed by atoms with Crippen molar-refractivity contribution in [3.05, 3.63) is 86.9 Å². The molecule has 48 heavy (non-hydrogen) atoms. The van der Waals surface area contributed by atoms with E-state index in [2.05, 4.69) is 20.3 Å². The average Bonchev–Trinajstić information content (AvgIpc) is 3.50. The highest BCUT2D eigenvalue weighted by Gasteiger charge is 2.24. The minimum atomic E-state index is -4.03. The molecule has 6 N–H and O–H groups in total. The van der Waals surface area contributed by atoms with Gasteiger partial charge in [0.1, 0.15) is 5.75 Å². The maximum atomic E-state index is 13.0. The zero-order chi connectivity index (χ0) is 35.2. The molecule has 3 aromatic carbocycles. The van der Waals surface area contributed by atoms with E-state index >= 15 is 0 Å². The minimum Gasteiger partial charge on any atom is -0.496 e. The van der Waals surface area contributed by atoms with Crippen LogP contribution in [0.1, 0.15) is 65.6 Å². The van der Waals surface area contributed by atoms with Gasteiger partial charge in [-0.05, 0) is 92.3 Å². The van der Waals surface area contributed by atoms with Gasteiger partial charge in [0.15, 0.2) is 5.01 Å². The number of rotatable bonds is 13. The molecule has 0 aliphatic carbocycles. The Bertz CT molecular complexity index is 1970. The summed E-state index contributed by atoms with van der Waals surface area (Å²) in [5.74, 6) is -0.916. The Morgan fingerprint density at radius 3 is 2.33 bits per heavy atom. The van der Waals surface area contributed by atoms with Gasteiger partial charge in [0.25, 0.3) is 15.9 Å². The van der Waals surface area contributed by atoms with E-state index in [4.69, 9.17) is 20.6 Å². The van der Waals surface area contributed by atoms with E-state index in [1.807, 2.05) is 0 Å². The molecule has 15 heteroatoms. The van der Waals surface area contributed by atoms with Gasteiger partial charge in [0.2, 0.25) is 11.7 Å². The maximum Gasteiger partial charge on any atom is 0.337 e. The molecule has 0 spiro atoms. The van der Waals surface area contributed by atoms with Gasteiger partial charge < -0.3 is 25.8 Å². The Morgan fingerprint density at radius 1 is 0.979 bits per heavy atom. The molecule has 0 aliphatic heterocycles. The Hall–Kier alpha value is -4.86. The molecule has 0 bridgehead atoms. The average molecular weight is 695 g/mol. The van der Waals surface area contributed by atoms with Crippen LogP contribution >= 0.6 is 11.3 Å². The third-order valence-electron chi connectivity index (χ3n) is 7.72. The lowest BCUT2D eigenvalue weighted by Gasteiger charge is -2.18. The molecule has 0 unspecified atom stereocenters. The van der Waals surface area contributed by atoms with Crippen molar-refractivity contribution < 1.29 is 32.3 Å². The third kappa shape index (κ3) is 8.34. The fraction of sp³-hybridized carbons (Fsp3) is 0.303. The molecule has 0 fully saturated rings. The molecule has 1 aromatic heterocycles. The van der Waals surface area contributed by atoms with Gasteiger partial charge in [0.05, 0.1) is 40.9 Å². The second kappa shape index (κ2) is 15.4. The molecule has 4 rings (SSSR count). The first-order valence-corrected chi connectivity index (χ1v) is 17.2. The number of guanidine groups is 1. The lowest BCUT2D eigenvalue weighted by atomic mass is 10.1.